The van der Waals surface area contributed by atoms with E-state index < -0.39 is 10.0 Å². The summed E-state index contributed by atoms with van der Waals surface area (Å²) in [7, 11) is -3.36. The van der Waals surface area contributed by atoms with E-state index in [4.69, 9.17) is 0 Å². The number of thiazole rings is 1. The molecule has 1 unspecified atom stereocenters. The van der Waals surface area contributed by atoms with E-state index in [1.54, 1.807) is 5.38 Å². The van der Waals surface area contributed by atoms with Crippen LogP contribution in [0.2, 0.25) is 0 Å². The van der Waals surface area contributed by atoms with Gasteiger partial charge in [0.2, 0.25) is 15.9 Å². The molecule has 0 fully saturated rings. The topological polar surface area (TPSA) is 104 Å². The molecule has 0 aliphatic rings. The summed E-state index contributed by atoms with van der Waals surface area (Å²) in [6.07, 6.45) is 3.86. The van der Waals surface area contributed by atoms with Crippen LogP contribution in [-0.4, -0.2) is 36.6 Å². The first-order valence-electron chi connectivity index (χ1n) is 8.07. The summed E-state index contributed by atoms with van der Waals surface area (Å²) in [5.41, 5.74) is 2.77. The molecule has 2 heterocycles. The molecule has 1 aromatic carbocycles. The van der Waals surface area contributed by atoms with Gasteiger partial charge < -0.3 is 10.3 Å². The maximum Gasteiger partial charge on any atom is 0.231 e. The van der Waals surface area contributed by atoms with E-state index in [1.165, 1.54) is 0 Å². The molecular formula is C17H20N4O3S2. The molecule has 9 heteroatoms. The summed E-state index contributed by atoms with van der Waals surface area (Å²) in [5.74, 6) is -0.145. The molecule has 1 amide bonds. The number of aromatic amines is 1. The number of nitrogens with one attached hydrogen (secondary N) is 3. The van der Waals surface area contributed by atoms with Crippen LogP contribution in [0.3, 0.4) is 0 Å². The Bertz CT molecular complexity index is 1020. The minimum Gasteiger partial charge on any atom is -0.361 e. The summed E-state index contributed by atoms with van der Waals surface area (Å²) < 4.78 is 24.7. The van der Waals surface area contributed by atoms with Gasteiger partial charge in [0.1, 0.15) is 0 Å². The summed E-state index contributed by atoms with van der Waals surface area (Å²) in [4.78, 5) is 19.6. The summed E-state index contributed by atoms with van der Waals surface area (Å²) in [6.45, 7) is 1.96. The van der Waals surface area contributed by atoms with Crippen molar-refractivity contribution in [3.05, 3.63) is 47.1 Å². The fourth-order valence-electron chi connectivity index (χ4n) is 2.77. The fraction of sp³-hybridized carbons (Fsp3) is 0.294. The van der Waals surface area contributed by atoms with Gasteiger partial charge in [-0.2, -0.15) is 0 Å². The number of amides is 1. The third kappa shape index (κ3) is 4.83. The van der Waals surface area contributed by atoms with Gasteiger partial charge in [-0.15, -0.1) is 11.3 Å². The van der Waals surface area contributed by atoms with E-state index in [9.17, 15) is 13.2 Å². The first-order valence-corrected chi connectivity index (χ1v) is 10.8. The third-order valence-electron chi connectivity index (χ3n) is 3.77. The molecule has 0 aliphatic carbocycles. The van der Waals surface area contributed by atoms with Crippen molar-refractivity contribution in [3.63, 3.8) is 0 Å². The second-order valence-electron chi connectivity index (χ2n) is 6.23. The molecule has 3 aromatic rings. The number of carbonyl (C=O) groups is 1. The second kappa shape index (κ2) is 7.46. The van der Waals surface area contributed by atoms with Crippen molar-refractivity contribution in [2.75, 3.05) is 11.0 Å². The molecule has 1 atom stereocenters. The highest BCUT2D eigenvalue weighted by atomic mass is 32.2. The van der Waals surface area contributed by atoms with Crippen molar-refractivity contribution in [1.82, 2.24) is 15.3 Å². The Morgan fingerprint density at radius 3 is 2.88 bits per heavy atom. The number of carbonyl (C=O) groups excluding carboxylic acids is 1. The van der Waals surface area contributed by atoms with E-state index >= 15 is 0 Å². The van der Waals surface area contributed by atoms with E-state index in [0.29, 0.717) is 12.1 Å². The minimum absolute atomic E-state index is 0.0334. The van der Waals surface area contributed by atoms with Gasteiger partial charge in [-0.3, -0.25) is 9.52 Å². The number of benzene rings is 1. The lowest BCUT2D eigenvalue weighted by Gasteiger charge is -2.13. The van der Waals surface area contributed by atoms with Gasteiger partial charge >= 0.3 is 0 Å². The zero-order valence-electron chi connectivity index (χ0n) is 14.4. The molecule has 7 nitrogen and oxygen atoms in total. The number of rotatable bonds is 7. The summed E-state index contributed by atoms with van der Waals surface area (Å²) >= 11 is 1.16. The predicted octanol–water partition coefficient (Wildman–Crippen LogP) is 2.29. The van der Waals surface area contributed by atoms with E-state index in [-0.39, 0.29) is 23.5 Å². The third-order valence-corrected chi connectivity index (χ3v) is 5.27. The molecule has 0 aliphatic heterocycles. The zero-order chi connectivity index (χ0) is 18.7. The Kier molecular flexibility index (Phi) is 5.28. The van der Waals surface area contributed by atoms with E-state index in [2.05, 4.69) is 26.1 Å². The number of hydrogen-bond donors (Lipinski definition) is 3. The van der Waals surface area contributed by atoms with Crippen LogP contribution in [0.25, 0.3) is 10.9 Å². The monoisotopic (exact) mass is 392 g/mol. The van der Waals surface area contributed by atoms with Gasteiger partial charge in [0, 0.05) is 28.5 Å². The molecule has 3 rings (SSSR count). The van der Waals surface area contributed by atoms with Crippen molar-refractivity contribution < 1.29 is 13.2 Å². The number of anilines is 1. The first-order chi connectivity index (χ1) is 12.3. The molecule has 0 bridgehead atoms. The number of H-pyrrole nitrogens is 1. The van der Waals surface area contributed by atoms with Gasteiger partial charge in [-0.1, -0.05) is 18.2 Å². The zero-order valence-corrected chi connectivity index (χ0v) is 16.1. The minimum atomic E-state index is -3.36. The Balaban J connectivity index is 1.56. The quantitative estimate of drug-likeness (QED) is 0.574. The molecule has 3 N–H and O–H groups in total. The fourth-order valence-corrected chi connectivity index (χ4v) is 4.33. The van der Waals surface area contributed by atoms with Crippen molar-refractivity contribution in [2.45, 2.75) is 25.8 Å². The second-order valence-corrected chi connectivity index (χ2v) is 8.83. The van der Waals surface area contributed by atoms with Gasteiger partial charge in [0.15, 0.2) is 5.13 Å². The van der Waals surface area contributed by atoms with Crippen LogP contribution in [0.15, 0.2) is 35.8 Å². The largest absolute Gasteiger partial charge is 0.361 e. The Hall–Kier alpha value is -2.39. The smallest absolute Gasteiger partial charge is 0.231 e. The van der Waals surface area contributed by atoms with E-state index in [1.807, 2.05) is 31.3 Å². The van der Waals surface area contributed by atoms with Crippen molar-refractivity contribution in [3.8, 4) is 0 Å². The number of para-hydroxylation sites is 1. The van der Waals surface area contributed by atoms with Crippen molar-refractivity contribution in [2.24, 2.45) is 0 Å². The van der Waals surface area contributed by atoms with Crippen LogP contribution in [-0.2, 0) is 27.7 Å². The van der Waals surface area contributed by atoms with Crippen molar-refractivity contribution in [1.29, 1.82) is 0 Å². The lowest BCUT2D eigenvalue weighted by molar-refractivity contribution is -0.121. The van der Waals surface area contributed by atoms with Crippen LogP contribution in [0.1, 0.15) is 18.2 Å². The molecule has 0 spiro atoms. The van der Waals surface area contributed by atoms with Crippen molar-refractivity contribution >= 4 is 43.3 Å². The molecule has 2 aromatic heterocycles. The maximum absolute atomic E-state index is 12.2. The highest BCUT2D eigenvalue weighted by Crippen LogP contribution is 2.19. The molecule has 0 radical (unpaired) electrons. The highest BCUT2D eigenvalue weighted by Gasteiger charge is 2.14. The Labute approximate surface area is 155 Å². The van der Waals surface area contributed by atoms with Gasteiger partial charge in [0.25, 0.3) is 0 Å². The predicted molar refractivity (Wildman–Crippen MR) is 104 cm³/mol. The van der Waals surface area contributed by atoms with Crippen LogP contribution >= 0.6 is 11.3 Å². The Morgan fingerprint density at radius 2 is 2.12 bits per heavy atom. The molecule has 0 saturated carbocycles. The van der Waals surface area contributed by atoms with Crippen LogP contribution < -0.4 is 10.0 Å². The number of nitrogens with zero attached hydrogens (tertiary/aromatic N) is 1. The Morgan fingerprint density at radius 1 is 1.35 bits per heavy atom. The number of hydrogen-bond acceptors (Lipinski definition) is 5. The van der Waals surface area contributed by atoms with Crippen LogP contribution in [0.4, 0.5) is 5.13 Å². The lowest BCUT2D eigenvalue weighted by Crippen LogP contribution is -2.35. The highest BCUT2D eigenvalue weighted by molar-refractivity contribution is 7.92. The number of sulfonamides is 1. The van der Waals surface area contributed by atoms with Crippen LogP contribution in [0, 0.1) is 0 Å². The SMILES string of the molecule is CC(Cc1c[nH]c2ccccc12)NC(=O)Cc1csc(NS(C)(=O)=O)n1. The van der Waals surface area contributed by atoms with Gasteiger partial charge in [0.05, 0.1) is 18.4 Å². The standard InChI is InChI=1S/C17H20N4O3S2/c1-11(7-12-9-18-15-6-4-3-5-14(12)15)19-16(22)8-13-10-25-17(20-13)21-26(2,23)24/h3-6,9-11,18H,7-8H2,1-2H3,(H,19,22)(H,20,21). The number of aromatic nitrogens is 2. The molecular weight excluding hydrogens is 372 g/mol. The van der Waals surface area contributed by atoms with E-state index in [0.717, 1.165) is 34.1 Å². The van der Waals surface area contributed by atoms with Crippen LogP contribution in [0.5, 0.6) is 0 Å². The van der Waals surface area contributed by atoms with Gasteiger partial charge in [-0.25, -0.2) is 13.4 Å². The molecule has 138 valence electrons. The molecule has 26 heavy (non-hydrogen) atoms. The first kappa shape index (κ1) is 18.4. The summed E-state index contributed by atoms with van der Waals surface area (Å²) in [5, 5.41) is 6.06. The number of fused-ring (bicyclic) bond motifs is 1. The average molecular weight is 393 g/mol. The average Bonchev–Trinajstić information content (AvgIpc) is 3.13. The summed E-state index contributed by atoms with van der Waals surface area (Å²) in [6, 6.07) is 8.02. The van der Waals surface area contributed by atoms with Gasteiger partial charge in [-0.05, 0) is 25.0 Å². The lowest BCUT2D eigenvalue weighted by atomic mass is 10.1. The maximum atomic E-state index is 12.2. The normalized spacial score (nSPS) is 12.8. The molecule has 0 saturated heterocycles.